The molecule has 420 valence electrons. The number of carbonyl (C=O) groups excluding carboxylic acids is 4. The fourth-order valence-electron chi connectivity index (χ4n) is 12.1. The highest BCUT2D eigenvalue weighted by Gasteiger charge is 2.36. The van der Waals surface area contributed by atoms with Gasteiger partial charge in [0.2, 0.25) is 23.7 Å². The van der Waals surface area contributed by atoms with E-state index in [2.05, 4.69) is 48.1 Å². The lowest BCUT2D eigenvalue weighted by Gasteiger charge is -2.32. The lowest BCUT2D eigenvalue weighted by atomic mass is 10.1. The number of piperidine rings is 2. The molecule has 18 nitrogen and oxygen atoms in total. The molecule has 0 bridgehead atoms. The molecule has 8 heterocycles. The summed E-state index contributed by atoms with van der Waals surface area (Å²) in [6.45, 7) is 17.2. The number of carbonyl (C=O) groups is 4. The molecule has 4 aromatic heterocycles. The molecule has 80 heavy (non-hydrogen) atoms. The molecule has 2 aromatic carbocycles. The van der Waals surface area contributed by atoms with Gasteiger partial charge in [-0.1, -0.05) is 25.3 Å². The average molecular weight is 1090 g/mol. The Morgan fingerprint density at radius 2 is 1.07 bits per heavy atom. The lowest BCUT2D eigenvalue weighted by Crippen LogP contribution is -2.39. The minimum Gasteiger partial charge on any atom is -0.488 e. The molecule has 12 rings (SSSR count). The summed E-state index contributed by atoms with van der Waals surface area (Å²) < 4.78 is 42.1. The van der Waals surface area contributed by atoms with Crippen molar-refractivity contribution >= 4 is 57.6 Å². The fraction of sp³-hybridized carbons (Fsp3) is 0.484. The van der Waals surface area contributed by atoms with E-state index in [0.717, 1.165) is 130 Å². The molecule has 2 N–H and O–H groups in total. The number of anilines is 2. The Bertz CT molecular complexity index is 3390. The number of aryl methyl sites for hydroxylation is 2. The van der Waals surface area contributed by atoms with Crippen LogP contribution in [0.15, 0.2) is 98.3 Å². The van der Waals surface area contributed by atoms with Crippen molar-refractivity contribution < 1.29 is 32.8 Å². The summed E-state index contributed by atoms with van der Waals surface area (Å²) in [5.74, 6) is 1.00. The van der Waals surface area contributed by atoms with Gasteiger partial charge in [0.1, 0.15) is 34.7 Å². The fourth-order valence-corrected chi connectivity index (χ4v) is 12.1. The molecule has 0 spiro atoms. The number of nitrogens with zero attached hydrogens (tertiary/aromatic N) is 10. The summed E-state index contributed by atoms with van der Waals surface area (Å²) in [5, 5.41) is 5.93. The number of benzene rings is 2. The Kier molecular flexibility index (Phi) is 15.6. The summed E-state index contributed by atoms with van der Waals surface area (Å²) in [7, 11) is 0. The Morgan fingerprint density at radius 3 is 1.54 bits per heavy atom. The van der Waals surface area contributed by atoms with E-state index in [1.54, 1.807) is 30.2 Å². The summed E-state index contributed by atoms with van der Waals surface area (Å²) >= 11 is 0. The minimum absolute atomic E-state index is 0.0574. The molecule has 4 aliphatic heterocycles. The summed E-state index contributed by atoms with van der Waals surface area (Å²) in [6.07, 6.45) is 18.5. The number of hydrogen-bond acceptors (Lipinski definition) is 12. The zero-order valence-corrected chi connectivity index (χ0v) is 46.2. The van der Waals surface area contributed by atoms with Gasteiger partial charge in [0.05, 0.1) is 27.2 Å². The number of nitrogens with one attached hydrogen (secondary N) is 2. The predicted molar refractivity (Wildman–Crippen MR) is 309 cm³/mol. The summed E-state index contributed by atoms with van der Waals surface area (Å²) in [6, 6.07) is 15.7. The highest BCUT2D eigenvalue weighted by molar-refractivity contribution is 6.05. The van der Waals surface area contributed by atoms with Crippen molar-refractivity contribution in [3.63, 3.8) is 0 Å². The van der Waals surface area contributed by atoms with Crippen molar-refractivity contribution in [2.75, 3.05) is 63.0 Å². The maximum absolute atomic E-state index is 13.6. The van der Waals surface area contributed by atoms with Crippen LogP contribution in [0.5, 0.6) is 11.5 Å². The molecule has 6 fully saturated rings. The maximum Gasteiger partial charge on any atom is 0.258 e. The van der Waals surface area contributed by atoms with Crippen LogP contribution in [0.2, 0.25) is 0 Å². The molecule has 1 unspecified atom stereocenters. The largest absolute Gasteiger partial charge is 0.488 e. The Morgan fingerprint density at radius 1 is 0.588 bits per heavy atom. The van der Waals surface area contributed by atoms with E-state index >= 15 is 0 Å². The van der Waals surface area contributed by atoms with Crippen LogP contribution in [0.25, 0.3) is 22.1 Å². The monoisotopic (exact) mass is 1090 g/mol. The number of pyridine rings is 2. The smallest absolute Gasteiger partial charge is 0.258 e. The molecule has 18 heteroatoms. The number of rotatable bonds is 14. The van der Waals surface area contributed by atoms with Gasteiger partial charge in [-0.15, -0.1) is 0 Å². The molecule has 6 aromatic rings. The Hall–Kier alpha value is -7.44. The lowest BCUT2D eigenvalue weighted by molar-refractivity contribution is -0.127. The third-order valence-electron chi connectivity index (χ3n) is 16.6. The molecule has 0 radical (unpaired) electrons. The minimum atomic E-state index is -0.701. The number of amides is 4. The quantitative estimate of drug-likeness (QED) is 0.0987. The standard InChI is InChI=1S/2C31H38N6O3/c2*1-3-28(38)36-16-5-4-7-24(20-36)37-29-26(33-31(37)34-30(39)22-12-15-32-21(2)19-22)8-6-9-27(29)40-25-13-17-35(18-14-25)23-10-11-23/h2*3,6,8-9,12,15,19,23-25H,1,4-5,7,10-11,13-14,16-18,20H2,2H3,(H,33,34,39)/t24-;/m1./s1/i12D,15D,19D;. The molecular weight excluding hydrogens is 1010 g/mol. The number of likely N-dealkylation sites (tertiary alicyclic amines) is 4. The van der Waals surface area contributed by atoms with Crippen LogP contribution in [0, 0.1) is 13.8 Å². The molecule has 4 amide bonds. The highest BCUT2D eigenvalue weighted by Crippen LogP contribution is 2.40. The van der Waals surface area contributed by atoms with Crippen LogP contribution in [0.1, 0.15) is 138 Å². The maximum atomic E-state index is 13.6. The van der Waals surface area contributed by atoms with E-state index in [1.165, 1.54) is 37.8 Å². The van der Waals surface area contributed by atoms with Crippen LogP contribution >= 0.6 is 0 Å². The molecule has 2 aliphatic carbocycles. The van der Waals surface area contributed by atoms with Crippen molar-refractivity contribution in [3.05, 3.63) is 121 Å². The molecule has 2 atom stereocenters. The number of ether oxygens (including phenoxy) is 2. The second kappa shape index (κ2) is 24.5. The third kappa shape index (κ3) is 12.6. The summed E-state index contributed by atoms with van der Waals surface area (Å²) in [4.78, 5) is 79.0. The van der Waals surface area contributed by atoms with E-state index in [9.17, 15) is 19.2 Å². The summed E-state index contributed by atoms with van der Waals surface area (Å²) in [5.41, 5.74) is 4.28. The van der Waals surface area contributed by atoms with Crippen molar-refractivity contribution in [2.24, 2.45) is 0 Å². The highest BCUT2D eigenvalue weighted by atomic mass is 16.5. The van der Waals surface area contributed by atoms with Gasteiger partial charge < -0.3 is 38.2 Å². The van der Waals surface area contributed by atoms with Crippen molar-refractivity contribution in [1.29, 1.82) is 0 Å². The van der Waals surface area contributed by atoms with Crippen LogP contribution in [-0.2, 0) is 9.59 Å². The van der Waals surface area contributed by atoms with E-state index in [1.807, 2.05) is 52.8 Å². The van der Waals surface area contributed by atoms with Crippen molar-refractivity contribution in [2.45, 2.75) is 140 Å². The number of hydrogen-bond donors (Lipinski definition) is 2. The average Bonchev–Trinajstić information content (AvgIpc) is 4.53. The van der Waals surface area contributed by atoms with Crippen molar-refractivity contribution in [3.8, 4) is 11.5 Å². The molecule has 6 aliphatic rings. The molecular formula is C62H76N12O6. The second-order valence-corrected chi connectivity index (χ2v) is 22.3. The molecule has 2 saturated carbocycles. The van der Waals surface area contributed by atoms with Crippen LogP contribution in [0.4, 0.5) is 11.9 Å². The van der Waals surface area contributed by atoms with Crippen LogP contribution in [-0.4, -0.2) is 149 Å². The third-order valence-corrected chi connectivity index (χ3v) is 16.6. The van der Waals surface area contributed by atoms with E-state index in [-0.39, 0.29) is 71.4 Å². The Labute approximate surface area is 472 Å². The first kappa shape index (κ1) is 50.8. The van der Waals surface area contributed by atoms with Gasteiger partial charge in [-0.05, 0) is 164 Å². The first-order valence-electron chi connectivity index (χ1n) is 30.4. The van der Waals surface area contributed by atoms with E-state index in [4.69, 9.17) is 23.6 Å². The van der Waals surface area contributed by atoms with E-state index < -0.39 is 11.9 Å². The van der Waals surface area contributed by atoms with Gasteiger partial charge in [0, 0.05) is 99.3 Å². The van der Waals surface area contributed by atoms with Gasteiger partial charge in [0.25, 0.3) is 11.8 Å². The van der Waals surface area contributed by atoms with E-state index in [0.29, 0.717) is 49.0 Å². The van der Waals surface area contributed by atoms with Gasteiger partial charge in [0.15, 0.2) is 0 Å². The Balaban J connectivity index is 0.000000174. The molecule has 4 saturated heterocycles. The normalized spacial score (nSPS) is 21.2. The first-order chi connectivity index (χ1) is 40.2. The predicted octanol–water partition coefficient (Wildman–Crippen LogP) is 9.47. The number of aromatic nitrogens is 6. The van der Waals surface area contributed by atoms with Crippen molar-refractivity contribution in [1.82, 2.24) is 48.7 Å². The SMILES string of the molecule is C=CC(=O)N1CCCCC(n2c(NC(=O)c3ccnc(C)c3)nc3cccc(OC4CCN(C5CC5)CC4)c32)C1.[2H]c1nc(C)c([2H])c(C(=O)Nc2nc3cccc(OC4CCN(C5CC5)CC4)c3n2[C@@H]2CCCCN(C(=O)C=C)C2)c1[2H]. The van der Waals surface area contributed by atoms with Crippen LogP contribution in [0.3, 0.4) is 0 Å². The first-order valence-corrected chi connectivity index (χ1v) is 28.9. The zero-order valence-electron chi connectivity index (χ0n) is 49.2. The van der Waals surface area contributed by atoms with Gasteiger partial charge in [-0.2, -0.15) is 0 Å². The van der Waals surface area contributed by atoms with Gasteiger partial charge in [-0.3, -0.25) is 39.8 Å². The number of fused-ring (bicyclic) bond motifs is 2. The zero-order chi connectivity index (χ0) is 57.9. The number of imidazole rings is 2. The topological polar surface area (TPSA) is 185 Å². The second-order valence-electron chi connectivity index (χ2n) is 22.3. The van der Waals surface area contributed by atoms with Crippen LogP contribution < -0.4 is 20.1 Å². The number of para-hydroxylation sites is 2. The van der Waals surface area contributed by atoms with Gasteiger partial charge in [-0.25, -0.2) is 9.97 Å². The van der Waals surface area contributed by atoms with Gasteiger partial charge >= 0.3 is 0 Å².